The van der Waals surface area contributed by atoms with Crippen LogP contribution in [0.5, 0.6) is 0 Å². The molecule has 3 N–H and O–H groups in total. The number of nitrogens with one attached hydrogen (secondary N) is 1. The molecular weight excluding hydrogens is 442 g/mol. The van der Waals surface area contributed by atoms with Crippen LogP contribution in [-0.4, -0.2) is 22.6 Å². The number of amidine groups is 2. The minimum atomic E-state index is -2.76. The quantitative estimate of drug-likeness (QED) is 0.517. The number of rotatable bonds is 3. The van der Waals surface area contributed by atoms with E-state index in [0.29, 0.717) is 39.4 Å². The van der Waals surface area contributed by atoms with Gasteiger partial charge in [-0.05, 0) is 59.5 Å². The molecule has 1 aromatic heterocycles. The van der Waals surface area contributed by atoms with Crippen molar-refractivity contribution in [2.45, 2.75) is 39.2 Å². The minimum absolute atomic E-state index is 0.113. The lowest BCUT2D eigenvalue weighted by molar-refractivity contribution is -0.00184. The zero-order valence-electron chi connectivity index (χ0n) is 16.1. The lowest BCUT2D eigenvalue weighted by Crippen LogP contribution is -2.24. The van der Waals surface area contributed by atoms with E-state index in [9.17, 15) is 8.78 Å². The summed E-state index contributed by atoms with van der Waals surface area (Å²) >= 11 is 3.31. The van der Waals surface area contributed by atoms with Gasteiger partial charge in [-0.1, -0.05) is 18.2 Å². The number of anilines is 1. The molecule has 6 nitrogen and oxygen atoms in total. The fraction of sp³-hybridized carbons (Fsp3) is 0.300. The summed E-state index contributed by atoms with van der Waals surface area (Å²) in [5, 5.41) is 7.52. The van der Waals surface area contributed by atoms with Gasteiger partial charge >= 0.3 is 0 Å². The third-order valence-electron chi connectivity index (χ3n) is 4.69. The van der Waals surface area contributed by atoms with Crippen LogP contribution in [0.3, 0.4) is 0 Å². The summed E-state index contributed by atoms with van der Waals surface area (Å²) < 4.78 is 29.9. The van der Waals surface area contributed by atoms with E-state index in [4.69, 9.17) is 11.1 Å². The van der Waals surface area contributed by atoms with Crippen LogP contribution < -0.4 is 11.2 Å². The van der Waals surface area contributed by atoms with Gasteiger partial charge in [-0.15, -0.1) is 0 Å². The number of halogens is 3. The number of aromatic nitrogens is 1. The van der Waals surface area contributed by atoms with E-state index in [1.807, 2.05) is 6.07 Å². The van der Waals surface area contributed by atoms with Gasteiger partial charge in [0.25, 0.3) is 5.92 Å². The molecule has 0 spiro atoms. The van der Waals surface area contributed by atoms with E-state index in [0.717, 1.165) is 11.9 Å². The first kappa shape index (κ1) is 21.0. The zero-order valence-corrected chi connectivity index (χ0v) is 17.7. The Morgan fingerprint density at radius 3 is 2.76 bits per heavy atom. The van der Waals surface area contributed by atoms with Crippen LogP contribution in [0, 0.1) is 5.41 Å². The SMILES string of the molecule is CC(=NCc1cccc2c1CCC2(F)F)N=C(C)N=c1ccc(Br)c(N)n1C=N. The smallest absolute Gasteiger partial charge is 0.273 e. The van der Waals surface area contributed by atoms with Gasteiger partial charge in [0.05, 0.1) is 17.4 Å². The summed E-state index contributed by atoms with van der Waals surface area (Å²) in [7, 11) is 0. The third-order valence-corrected chi connectivity index (χ3v) is 5.36. The molecule has 2 aromatic rings. The molecule has 1 aromatic carbocycles. The zero-order chi connectivity index (χ0) is 21.2. The first-order chi connectivity index (χ1) is 13.7. The van der Waals surface area contributed by atoms with Crippen LogP contribution in [-0.2, 0) is 18.9 Å². The van der Waals surface area contributed by atoms with Crippen LogP contribution >= 0.6 is 15.9 Å². The van der Waals surface area contributed by atoms with Crippen molar-refractivity contribution in [2.24, 2.45) is 15.0 Å². The van der Waals surface area contributed by atoms with Crippen molar-refractivity contribution in [3.63, 3.8) is 0 Å². The molecule has 0 aliphatic heterocycles. The van der Waals surface area contributed by atoms with Crippen molar-refractivity contribution in [3.8, 4) is 0 Å². The lowest BCUT2D eigenvalue weighted by atomic mass is 10.0. The highest BCUT2D eigenvalue weighted by molar-refractivity contribution is 9.10. The van der Waals surface area contributed by atoms with Crippen LogP contribution in [0.4, 0.5) is 14.6 Å². The second-order valence-electron chi connectivity index (χ2n) is 6.71. The number of hydrogen-bond acceptors (Lipinski definition) is 3. The summed E-state index contributed by atoms with van der Waals surface area (Å²) in [5.74, 6) is -1.48. The van der Waals surface area contributed by atoms with Crippen molar-refractivity contribution < 1.29 is 8.78 Å². The molecule has 29 heavy (non-hydrogen) atoms. The first-order valence-corrected chi connectivity index (χ1v) is 9.79. The maximum atomic E-state index is 13.9. The third kappa shape index (κ3) is 4.50. The lowest BCUT2D eigenvalue weighted by Gasteiger charge is -2.11. The maximum absolute atomic E-state index is 13.9. The van der Waals surface area contributed by atoms with E-state index in [-0.39, 0.29) is 18.5 Å². The maximum Gasteiger partial charge on any atom is 0.273 e. The Hall–Kier alpha value is -2.68. The van der Waals surface area contributed by atoms with Gasteiger partial charge in [0.15, 0.2) is 0 Å². The molecule has 0 amide bonds. The van der Waals surface area contributed by atoms with Gasteiger partial charge < -0.3 is 5.73 Å². The fourth-order valence-corrected chi connectivity index (χ4v) is 3.60. The van der Waals surface area contributed by atoms with Gasteiger partial charge in [-0.25, -0.2) is 18.8 Å². The monoisotopic (exact) mass is 462 g/mol. The Labute approximate surface area is 175 Å². The highest BCUT2D eigenvalue weighted by Crippen LogP contribution is 2.42. The average molecular weight is 463 g/mol. The molecule has 0 atom stereocenters. The summed E-state index contributed by atoms with van der Waals surface area (Å²) in [4.78, 5) is 13.1. The molecule has 9 heteroatoms. The normalized spacial score (nSPS) is 16.8. The van der Waals surface area contributed by atoms with E-state index in [2.05, 4.69) is 30.9 Å². The van der Waals surface area contributed by atoms with Gasteiger partial charge in [0.2, 0.25) is 0 Å². The molecule has 0 unspecified atom stereocenters. The molecule has 0 saturated heterocycles. The predicted octanol–water partition coefficient (Wildman–Crippen LogP) is 4.26. The topological polar surface area (TPSA) is 91.9 Å². The first-order valence-electron chi connectivity index (χ1n) is 9.00. The van der Waals surface area contributed by atoms with Gasteiger partial charge in [-0.2, -0.15) is 0 Å². The van der Waals surface area contributed by atoms with Crippen LogP contribution in [0.25, 0.3) is 0 Å². The predicted molar refractivity (Wildman–Crippen MR) is 115 cm³/mol. The summed E-state index contributed by atoms with van der Waals surface area (Å²) in [6.07, 6.45) is 1.28. The second-order valence-corrected chi connectivity index (χ2v) is 7.56. The molecule has 3 rings (SSSR count). The molecule has 0 bridgehead atoms. The molecule has 0 radical (unpaired) electrons. The number of hydrogen-bond donors (Lipinski definition) is 2. The van der Waals surface area contributed by atoms with Crippen molar-refractivity contribution in [1.82, 2.24) is 4.57 Å². The van der Waals surface area contributed by atoms with Crippen LogP contribution in [0.1, 0.15) is 37.0 Å². The summed E-state index contributed by atoms with van der Waals surface area (Å²) in [6.45, 7) is 3.73. The van der Waals surface area contributed by atoms with Crippen molar-refractivity contribution >= 4 is 39.8 Å². The number of pyridine rings is 1. The number of nitrogens with zero attached hydrogens (tertiary/aromatic N) is 4. The summed E-state index contributed by atoms with van der Waals surface area (Å²) in [5.41, 5.74) is 7.99. The van der Waals surface area contributed by atoms with E-state index in [1.165, 1.54) is 10.6 Å². The van der Waals surface area contributed by atoms with E-state index in [1.54, 1.807) is 32.0 Å². The Kier molecular flexibility index (Phi) is 6.07. The molecule has 1 aliphatic rings. The van der Waals surface area contributed by atoms with Gasteiger partial charge in [0.1, 0.15) is 23.0 Å². The Balaban J connectivity index is 1.84. The molecular formula is C20H21BrF2N6. The highest BCUT2D eigenvalue weighted by atomic mass is 79.9. The van der Waals surface area contributed by atoms with Gasteiger partial charge in [0, 0.05) is 12.0 Å². The Bertz CT molecular complexity index is 1080. The van der Waals surface area contributed by atoms with Crippen LogP contribution in [0.2, 0.25) is 0 Å². The number of fused-ring (bicyclic) bond motifs is 1. The number of nitrogens with two attached hydrogens (primary N) is 1. The summed E-state index contributed by atoms with van der Waals surface area (Å²) in [6, 6.07) is 8.43. The standard InChI is InChI=1S/C20H21BrF2N6/c1-12(26-10-14-4-3-5-16-15(14)8-9-20(16,22)23)27-13(2)28-18-7-6-17(21)19(25)29(18)11-24/h3-7,11,24H,8-10,25H2,1-2H3. The average Bonchev–Trinajstić information content (AvgIpc) is 2.99. The Morgan fingerprint density at radius 2 is 2.03 bits per heavy atom. The Morgan fingerprint density at radius 1 is 1.28 bits per heavy atom. The second kappa shape index (κ2) is 8.36. The molecule has 0 fully saturated rings. The van der Waals surface area contributed by atoms with Crippen molar-refractivity contribution in [3.05, 3.63) is 57.0 Å². The number of aliphatic imine (C=N–C) groups is 2. The minimum Gasteiger partial charge on any atom is -0.384 e. The number of alkyl halides is 2. The van der Waals surface area contributed by atoms with E-state index < -0.39 is 5.92 Å². The molecule has 1 aliphatic carbocycles. The largest absolute Gasteiger partial charge is 0.384 e. The van der Waals surface area contributed by atoms with Crippen LogP contribution in [0.15, 0.2) is 49.8 Å². The van der Waals surface area contributed by atoms with Crippen molar-refractivity contribution in [1.29, 1.82) is 5.41 Å². The van der Waals surface area contributed by atoms with Crippen molar-refractivity contribution in [2.75, 3.05) is 5.73 Å². The molecule has 152 valence electrons. The van der Waals surface area contributed by atoms with E-state index >= 15 is 0 Å². The van der Waals surface area contributed by atoms with Gasteiger partial charge in [-0.3, -0.25) is 15.0 Å². The molecule has 1 heterocycles. The number of benzene rings is 1. The number of nitrogen functional groups attached to an aromatic ring is 1. The fourth-order valence-electron chi connectivity index (χ4n) is 3.28. The highest BCUT2D eigenvalue weighted by Gasteiger charge is 2.39. The molecule has 0 saturated carbocycles.